The Bertz CT molecular complexity index is 2320. The molecule has 52 heavy (non-hydrogen) atoms. The molecule has 7 rings (SSSR count). The fourth-order valence-corrected chi connectivity index (χ4v) is 6.15. The number of furan rings is 2. The van der Waals surface area contributed by atoms with E-state index < -0.39 is 0 Å². The number of allylic oxidation sites excluding steroid dienone is 2. The molecule has 0 fully saturated rings. The van der Waals surface area contributed by atoms with Gasteiger partial charge in [0.05, 0.1) is 11.1 Å². The van der Waals surface area contributed by atoms with Gasteiger partial charge in [-0.25, -0.2) is 8.78 Å². The first-order chi connectivity index (χ1) is 25.3. The zero-order chi connectivity index (χ0) is 36.8. The molecule has 8 nitrogen and oxygen atoms in total. The van der Waals surface area contributed by atoms with Crippen molar-refractivity contribution >= 4 is 33.8 Å². The van der Waals surface area contributed by atoms with Crippen molar-refractivity contribution in [2.75, 3.05) is 27.3 Å². The third-order valence-corrected chi connectivity index (χ3v) is 8.49. The van der Waals surface area contributed by atoms with Gasteiger partial charge in [-0.1, -0.05) is 30.9 Å². The van der Waals surface area contributed by atoms with Gasteiger partial charge >= 0.3 is 0 Å². The second-order valence-corrected chi connectivity index (χ2v) is 11.7. The van der Waals surface area contributed by atoms with Crippen molar-refractivity contribution in [3.63, 3.8) is 0 Å². The lowest BCUT2D eigenvalue weighted by Gasteiger charge is -2.11. The Balaban J connectivity index is 0.000000179. The molecule has 2 aromatic heterocycles. The van der Waals surface area contributed by atoms with Gasteiger partial charge in [0, 0.05) is 47.1 Å². The highest BCUT2D eigenvalue weighted by molar-refractivity contribution is 6.13. The maximum atomic E-state index is 13.3. The number of halogens is 2. The van der Waals surface area contributed by atoms with Gasteiger partial charge in [-0.3, -0.25) is 9.59 Å². The molecule has 2 amide bonds. The van der Waals surface area contributed by atoms with Crippen LogP contribution in [0.2, 0.25) is 0 Å². The number of nitrogens with one attached hydrogen (secondary N) is 2. The maximum Gasteiger partial charge on any atom is 0.255 e. The molecule has 0 radical (unpaired) electrons. The summed E-state index contributed by atoms with van der Waals surface area (Å²) in [7, 11) is 3.13. The maximum absolute atomic E-state index is 13.3. The molecule has 4 aromatic carbocycles. The normalized spacial score (nSPS) is 11.8. The summed E-state index contributed by atoms with van der Waals surface area (Å²) in [6.07, 6.45) is 8.51. The lowest BCUT2D eigenvalue weighted by Crippen LogP contribution is -2.18. The quantitative estimate of drug-likeness (QED) is 0.146. The number of rotatable bonds is 9. The first-order valence-electron chi connectivity index (χ1n) is 16.5. The number of carbonyl (C=O) groups is 2. The van der Waals surface area contributed by atoms with Crippen LogP contribution in [0, 0.1) is 11.6 Å². The molecule has 3 heterocycles. The van der Waals surface area contributed by atoms with Gasteiger partial charge in [-0.15, -0.1) is 6.58 Å². The minimum atomic E-state index is -0.358. The number of fused-ring (bicyclic) bond motifs is 4. The first-order valence-corrected chi connectivity index (χ1v) is 16.5. The van der Waals surface area contributed by atoms with Crippen LogP contribution in [0.4, 0.5) is 8.78 Å². The summed E-state index contributed by atoms with van der Waals surface area (Å²) in [4.78, 5) is 25.3. The minimum absolute atomic E-state index is 0.250. The Morgan fingerprint density at radius 1 is 0.750 bits per heavy atom. The number of hydrogen-bond acceptors (Lipinski definition) is 6. The molecule has 0 unspecified atom stereocenters. The van der Waals surface area contributed by atoms with E-state index in [1.165, 1.54) is 24.3 Å². The number of benzene rings is 4. The topological polar surface area (TPSA) is 103 Å². The van der Waals surface area contributed by atoms with Gasteiger partial charge in [0.25, 0.3) is 11.8 Å². The van der Waals surface area contributed by atoms with Gasteiger partial charge in [0.15, 0.2) is 0 Å². The third kappa shape index (κ3) is 6.96. The van der Waals surface area contributed by atoms with E-state index in [2.05, 4.69) is 23.8 Å². The molecular weight excluding hydrogens is 666 g/mol. The van der Waals surface area contributed by atoms with Crippen molar-refractivity contribution in [3.8, 4) is 34.1 Å². The Hall–Kier alpha value is -6.42. The SMILES string of the molecule is C=CCOc1ccc2oc(-c3ccc(F)cc3)c(C(=O)NC)c2c1CC=C.CNC(=O)c1c(-c2ccc(F)cc2)oc2ccc3c(c12)CC=CCO3. The average molecular weight is 703 g/mol. The summed E-state index contributed by atoms with van der Waals surface area (Å²) < 4.78 is 50.1. The molecule has 1 aliphatic heterocycles. The van der Waals surface area contributed by atoms with Crippen LogP contribution in [0.3, 0.4) is 0 Å². The Morgan fingerprint density at radius 3 is 1.87 bits per heavy atom. The van der Waals surface area contributed by atoms with E-state index >= 15 is 0 Å². The van der Waals surface area contributed by atoms with Gasteiger partial charge in [-0.2, -0.15) is 0 Å². The van der Waals surface area contributed by atoms with E-state index in [-0.39, 0.29) is 23.4 Å². The van der Waals surface area contributed by atoms with Gasteiger partial charge in [-0.05, 0) is 85.6 Å². The summed E-state index contributed by atoms with van der Waals surface area (Å²) in [5.41, 5.74) is 4.98. The molecule has 10 heteroatoms. The standard InChI is InChI=1S/C22H20FNO3.C20H16FNO3/c1-4-6-16-17(26-13-5-2)11-12-18-19(16)20(22(25)24-3)21(27-18)14-7-9-15(23)10-8-14;1-22-20(23)18-17-14-4-2-3-11-24-15(14)9-10-16(17)25-19(18)12-5-7-13(21)8-6-12/h4-5,7-12H,1-2,6,13H2,3H3,(H,24,25);2-3,5-10H,4,11H2,1H3,(H,22,23). The van der Waals surface area contributed by atoms with Crippen molar-refractivity contribution in [2.24, 2.45) is 0 Å². The van der Waals surface area contributed by atoms with Crippen molar-refractivity contribution in [1.29, 1.82) is 0 Å². The minimum Gasteiger partial charge on any atom is -0.489 e. The highest BCUT2D eigenvalue weighted by atomic mass is 19.1. The molecule has 0 atom stereocenters. The van der Waals surface area contributed by atoms with E-state index in [4.69, 9.17) is 18.3 Å². The van der Waals surface area contributed by atoms with Crippen LogP contribution in [0.15, 0.2) is 119 Å². The molecule has 0 saturated carbocycles. The molecule has 0 saturated heterocycles. The summed E-state index contributed by atoms with van der Waals surface area (Å²) in [6, 6.07) is 19.0. The second-order valence-electron chi connectivity index (χ2n) is 11.7. The smallest absolute Gasteiger partial charge is 0.255 e. The van der Waals surface area contributed by atoms with Gasteiger partial charge in [0.1, 0.15) is 59.0 Å². The van der Waals surface area contributed by atoms with Crippen molar-refractivity contribution in [1.82, 2.24) is 10.6 Å². The zero-order valence-corrected chi connectivity index (χ0v) is 28.7. The molecule has 2 N–H and O–H groups in total. The Kier molecular flexibility index (Phi) is 10.6. The van der Waals surface area contributed by atoms with Crippen molar-refractivity contribution < 1.29 is 36.7 Å². The molecule has 264 valence electrons. The molecule has 1 aliphatic rings. The van der Waals surface area contributed by atoms with E-state index in [1.54, 1.807) is 68.7 Å². The molecule has 0 bridgehead atoms. The van der Waals surface area contributed by atoms with Crippen LogP contribution in [-0.2, 0) is 12.8 Å². The van der Waals surface area contributed by atoms with Crippen LogP contribution in [-0.4, -0.2) is 39.1 Å². The van der Waals surface area contributed by atoms with Crippen molar-refractivity contribution in [2.45, 2.75) is 12.8 Å². The predicted molar refractivity (Wildman–Crippen MR) is 198 cm³/mol. The zero-order valence-electron chi connectivity index (χ0n) is 28.7. The average Bonchev–Trinajstić information content (AvgIpc) is 3.65. The molecule has 0 spiro atoms. The highest BCUT2D eigenvalue weighted by Gasteiger charge is 2.27. The Labute approximate surface area is 299 Å². The molecule has 0 aliphatic carbocycles. The molecule has 6 aromatic rings. The number of amides is 2. The lowest BCUT2D eigenvalue weighted by molar-refractivity contribution is 0.0956. The summed E-state index contributed by atoms with van der Waals surface area (Å²) in [5, 5.41) is 6.73. The monoisotopic (exact) mass is 702 g/mol. The largest absolute Gasteiger partial charge is 0.489 e. The second kappa shape index (κ2) is 15.6. The fourth-order valence-electron chi connectivity index (χ4n) is 6.15. The third-order valence-electron chi connectivity index (χ3n) is 8.49. The van der Waals surface area contributed by atoms with E-state index in [0.29, 0.717) is 82.1 Å². The summed E-state index contributed by atoms with van der Waals surface area (Å²) in [5.74, 6) is 0.955. The van der Waals surface area contributed by atoms with Crippen LogP contribution in [0.1, 0.15) is 31.8 Å². The van der Waals surface area contributed by atoms with E-state index in [0.717, 1.165) is 22.3 Å². The number of hydrogen-bond donors (Lipinski definition) is 2. The lowest BCUT2D eigenvalue weighted by atomic mass is 9.98. The highest BCUT2D eigenvalue weighted by Crippen LogP contribution is 2.41. The van der Waals surface area contributed by atoms with Crippen LogP contribution >= 0.6 is 0 Å². The predicted octanol–water partition coefficient (Wildman–Crippen LogP) is 8.98. The number of carbonyl (C=O) groups excluding carboxylic acids is 2. The van der Waals surface area contributed by atoms with E-state index in [9.17, 15) is 18.4 Å². The molecular formula is C42H36F2N2O6. The summed E-state index contributed by atoms with van der Waals surface area (Å²) in [6.45, 7) is 8.31. The van der Waals surface area contributed by atoms with Crippen molar-refractivity contribution in [3.05, 3.63) is 144 Å². The number of ether oxygens (including phenoxy) is 2. The van der Waals surface area contributed by atoms with Crippen LogP contribution in [0.25, 0.3) is 44.6 Å². The summed E-state index contributed by atoms with van der Waals surface area (Å²) >= 11 is 0. The van der Waals surface area contributed by atoms with Crippen LogP contribution in [0.5, 0.6) is 11.5 Å². The first kappa shape index (κ1) is 35.4. The van der Waals surface area contributed by atoms with Gasteiger partial charge < -0.3 is 28.9 Å². The fraction of sp³-hybridized carbons (Fsp3) is 0.143. The van der Waals surface area contributed by atoms with Crippen LogP contribution < -0.4 is 20.1 Å². The van der Waals surface area contributed by atoms with Gasteiger partial charge in [0.2, 0.25) is 0 Å². The Morgan fingerprint density at radius 2 is 1.31 bits per heavy atom. The van der Waals surface area contributed by atoms with E-state index in [1.807, 2.05) is 18.2 Å².